The van der Waals surface area contributed by atoms with Crippen molar-refractivity contribution in [2.75, 3.05) is 26.4 Å². The highest BCUT2D eigenvalue weighted by Crippen LogP contribution is 2.55. The summed E-state index contributed by atoms with van der Waals surface area (Å²) in [6.45, 7) is 1.62. The second-order valence-corrected chi connectivity index (χ2v) is 9.83. The second kappa shape index (κ2) is 10.2. The largest absolute Gasteiger partial charge is 0.396 e. The maximum atomic E-state index is 9.58. The van der Waals surface area contributed by atoms with Crippen LogP contribution in [0.25, 0.3) is 11.1 Å². The summed E-state index contributed by atoms with van der Waals surface area (Å²) in [6.07, 6.45) is 4.21. The standard InChI is InChI=1S/C22H25Br3O3/c23-15-4-5-16-17-13-20(24)21(25)14-19(17)22(6-1-8-26,18(16)12-15)7-2-10-28-11-3-9-27/h4-5,12-14,26-27H,1-3,6-11H2. The van der Waals surface area contributed by atoms with Crippen LogP contribution in [-0.2, 0) is 10.2 Å². The van der Waals surface area contributed by atoms with Gasteiger partial charge in [0.1, 0.15) is 0 Å². The Balaban J connectivity index is 1.99. The lowest BCUT2D eigenvalue weighted by Gasteiger charge is -2.33. The van der Waals surface area contributed by atoms with Gasteiger partial charge in [0.05, 0.1) is 0 Å². The molecule has 0 amide bonds. The van der Waals surface area contributed by atoms with E-state index in [1.165, 1.54) is 22.3 Å². The van der Waals surface area contributed by atoms with Crippen LogP contribution in [0.5, 0.6) is 0 Å². The van der Waals surface area contributed by atoms with E-state index in [0.29, 0.717) is 19.6 Å². The quantitative estimate of drug-likeness (QED) is 0.332. The summed E-state index contributed by atoms with van der Waals surface area (Å²) >= 11 is 11.0. The summed E-state index contributed by atoms with van der Waals surface area (Å²) in [7, 11) is 0. The third kappa shape index (κ3) is 4.57. The van der Waals surface area contributed by atoms with Crippen LogP contribution in [0.4, 0.5) is 0 Å². The average molecular weight is 577 g/mol. The molecule has 1 atom stereocenters. The average Bonchev–Trinajstić information content (AvgIpc) is 2.92. The lowest BCUT2D eigenvalue weighted by atomic mass is 9.71. The highest BCUT2D eigenvalue weighted by molar-refractivity contribution is 9.13. The first-order valence-electron chi connectivity index (χ1n) is 9.63. The molecule has 1 aliphatic carbocycles. The molecule has 0 radical (unpaired) electrons. The maximum absolute atomic E-state index is 9.58. The molecule has 152 valence electrons. The van der Waals surface area contributed by atoms with Gasteiger partial charge in [-0.05, 0) is 110 Å². The fraction of sp³-hybridized carbons (Fsp3) is 0.455. The minimum absolute atomic E-state index is 0.138. The van der Waals surface area contributed by atoms with Crippen LogP contribution in [0, 0.1) is 0 Å². The number of halogens is 3. The number of hydrogen-bond acceptors (Lipinski definition) is 3. The van der Waals surface area contributed by atoms with Crippen molar-refractivity contribution in [1.82, 2.24) is 0 Å². The molecule has 0 saturated carbocycles. The molecule has 0 saturated heterocycles. The first-order chi connectivity index (χ1) is 13.5. The van der Waals surface area contributed by atoms with E-state index in [4.69, 9.17) is 9.84 Å². The molecule has 2 N–H and O–H groups in total. The predicted molar refractivity (Wildman–Crippen MR) is 124 cm³/mol. The van der Waals surface area contributed by atoms with Gasteiger partial charge in [-0.1, -0.05) is 22.0 Å². The van der Waals surface area contributed by atoms with Crippen molar-refractivity contribution in [2.24, 2.45) is 0 Å². The van der Waals surface area contributed by atoms with Crippen LogP contribution in [0.15, 0.2) is 43.7 Å². The van der Waals surface area contributed by atoms with Crippen molar-refractivity contribution < 1.29 is 14.9 Å². The van der Waals surface area contributed by atoms with Gasteiger partial charge in [0.25, 0.3) is 0 Å². The van der Waals surface area contributed by atoms with Gasteiger partial charge in [0, 0.05) is 45.3 Å². The van der Waals surface area contributed by atoms with Crippen molar-refractivity contribution in [2.45, 2.75) is 37.5 Å². The molecule has 0 bridgehead atoms. The van der Waals surface area contributed by atoms with E-state index in [1.54, 1.807) is 0 Å². The van der Waals surface area contributed by atoms with Crippen LogP contribution in [-0.4, -0.2) is 36.6 Å². The normalized spacial score (nSPS) is 17.6. The van der Waals surface area contributed by atoms with E-state index in [-0.39, 0.29) is 18.6 Å². The third-order valence-electron chi connectivity index (χ3n) is 5.46. The van der Waals surface area contributed by atoms with Gasteiger partial charge in [-0.2, -0.15) is 0 Å². The Kier molecular flexibility index (Phi) is 8.16. The molecule has 3 nitrogen and oxygen atoms in total. The summed E-state index contributed by atoms with van der Waals surface area (Å²) in [5.41, 5.74) is 5.04. The molecule has 1 aliphatic rings. The predicted octanol–water partition coefficient (Wildman–Crippen LogP) is 6.19. The molecule has 0 fully saturated rings. The monoisotopic (exact) mass is 574 g/mol. The Morgan fingerprint density at radius 1 is 0.750 bits per heavy atom. The summed E-state index contributed by atoms with van der Waals surface area (Å²) in [5.74, 6) is 0. The molecule has 0 aliphatic heterocycles. The molecular weight excluding hydrogens is 552 g/mol. The lowest BCUT2D eigenvalue weighted by Crippen LogP contribution is -2.26. The number of benzene rings is 2. The molecule has 0 spiro atoms. The number of aliphatic hydroxyl groups excluding tert-OH is 2. The fourth-order valence-corrected chi connectivity index (χ4v) is 5.29. The molecule has 28 heavy (non-hydrogen) atoms. The van der Waals surface area contributed by atoms with Crippen LogP contribution in [0.2, 0.25) is 0 Å². The van der Waals surface area contributed by atoms with Crippen molar-refractivity contribution in [3.63, 3.8) is 0 Å². The lowest BCUT2D eigenvalue weighted by molar-refractivity contribution is 0.109. The van der Waals surface area contributed by atoms with Gasteiger partial charge in [-0.25, -0.2) is 0 Å². The van der Waals surface area contributed by atoms with E-state index in [2.05, 4.69) is 78.1 Å². The number of rotatable bonds is 10. The highest BCUT2D eigenvalue weighted by atomic mass is 79.9. The van der Waals surface area contributed by atoms with Gasteiger partial charge in [-0.3, -0.25) is 0 Å². The maximum Gasteiger partial charge on any atom is 0.0487 e. The van der Waals surface area contributed by atoms with Crippen LogP contribution in [0.3, 0.4) is 0 Å². The van der Waals surface area contributed by atoms with Crippen LogP contribution >= 0.6 is 47.8 Å². The first kappa shape index (κ1) is 22.4. The van der Waals surface area contributed by atoms with Gasteiger partial charge < -0.3 is 14.9 Å². The summed E-state index contributed by atoms with van der Waals surface area (Å²) in [6, 6.07) is 11.0. The van der Waals surface area contributed by atoms with Gasteiger partial charge >= 0.3 is 0 Å². The van der Waals surface area contributed by atoms with Crippen molar-refractivity contribution >= 4 is 47.8 Å². The molecular formula is C22H25Br3O3. The van der Waals surface area contributed by atoms with E-state index < -0.39 is 0 Å². The minimum Gasteiger partial charge on any atom is -0.396 e. The van der Waals surface area contributed by atoms with E-state index in [9.17, 15) is 5.11 Å². The summed E-state index contributed by atoms with van der Waals surface area (Å²) in [4.78, 5) is 0. The van der Waals surface area contributed by atoms with Crippen molar-refractivity contribution in [1.29, 1.82) is 0 Å². The number of fused-ring (bicyclic) bond motifs is 3. The molecule has 3 rings (SSSR count). The van der Waals surface area contributed by atoms with Crippen molar-refractivity contribution in [3.05, 3.63) is 54.9 Å². The number of aliphatic hydroxyl groups is 2. The molecule has 0 aromatic heterocycles. The Hall–Kier alpha value is -0.240. The Bertz CT molecular complexity index is 825. The molecule has 1 unspecified atom stereocenters. The summed E-state index contributed by atoms with van der Waals surface area (Å²) in [5, 5.41) is 18.5. The van der Waals surface area contributed by atoms with Crippen LogP contribution in [0.1, 0.15) is 43.2 Å². The third-order valence-corrected chi connectivity index (χ3v) is 7.80. The number of ether oxygens (including phenoxy) is 1. The molecule has 6 heteroatoms. The van der Waals surface area contributed by atoms with Crippen molar-refractivity contribution in [3.8, 4) is 11.1 Å². The van der Waals surface area contributed by atoms with E-state index >= 15 is 0 Å². The molecule has 0 heterocycles. The van der Waals surface area contributed by atoms with Gasteiger partial charge in [0.15, 0.2) is 0 Å². The fourth-order valence-electron chi connectivity index (χ4n) is 4.25. The zero-order chi connectivity index (χ0) is 20.1. The Morgan fingerprint density at radius 3 is 2.14 bits per heavy atom. The van der Waals surface area contributed by atoms with E-state index in [0.717, 1.165) is 39.1 Å². The zero-order valence-corrected chi connectivity index (χ0v) is 20.4. The Morgan fingerprint density at radius 2 is 1.39 bits per heavy atom. The second-order valence-electron chi connectivity index (χ2n) is 7.20. The highest BCUT2D eigenvalue weighted by Gasteiger charge is 2.42. The Labute approximate surface area is 191 Å². The van der Waals surface area contributed by atoms with E-state index in [1.807, 2.05) is 0 Å². The zero-order valence-electron chi connectivity index (χ0n) is 15.7. The molecule has 2 aromatic rings. The smallest absolute Gasteiger partial charge is 0.0487 e. The van der Waals surface area contributed by atoms with Gasteiger partial charge in [0.2, 0.25) is 0 Å². The minimum atomic E-state index is -0.138. The first-order valence-corrected chi connectivity index (χ1v) is 12.0. The molecule has 2 aromatic carbocycles. The van der Waals surface area contributed by atoms with Gasteiger partial charge in [-0.15, -0.1) is 0 Å². The topological polar surface area (TPSA) is 49.7 Å². The number of hydrogen-bond donors (Lipinski definition) is 2. The SMILES string of the molecule is OCCCOCCCC1(CCCO)c2cc(Br)ccc2-c2cc(Br)c(Br)cc21. The summed E-state index contributed by atoms with van der Waals surface area (Å²) < 4.78 is 8.86. The van der Waals surface area contributed by atoms with Crippen LogP contribution < -0.4 is 0 Å².